The molecule has 2 aliphatic rings. The minimum Gasteiger partial charge on any atom is -0.465 e. The van der Waals surface area contributed by atoms with Crippen LogP contribution in [0.25, 0.3) is 0 Å². The zero-order valence-electron chi connectivity index (χ0n) is 12.5. The van der Waals surface area contributed by atoms with Gasteiger partial charge in [-0.25, -0.2) is 0 Å². The molecule has 0 bridgehead atoms. The summed E-state index contributed by atoms with van der Waals surface area (Å²) in [4.78, 5) is 12.5. The molecule has 2 saturated carbocycles. The molecule has 0 heterocycles. The first kappa shape index (κ1) is 14.9. The highest BCUT2D eigenvalue weighted by Crippen LogP contribution is 2.40. The number of esters is 1. The van der Waals surface area contributed by atoms with Crippen molar-refractivity contribution in [1.29, 1.82) is 0 Å². The van der Waals surface area contributed by atoms with Crippen LogP contribution in [0.4, 0.5) is 0 Å². The van der Waals surface area contributed by atoms with Gasteiger partial charge in [0, 0.05) is 0 Å². The van der Waals surface area contributed by atoms with Crippen molar-refractivity contribution in [2.75, 3.05) is 6.61 Å². The van der Waals surface area contributed by atoms with Crippen LogP contribution in [-0.4, -0.2) is 12.6 Å². The molecule has 0 radical (unpaired) electrons. The van der Waals surface area contributed by atoms with Crippen molar-refractivity contribution in [1.82, 2.24) is 0 Å². The van der Waals surface area contributed by atoms with Gasteiger partial charge in [0.15, 0.2) is 0 Å². The Hall–Kier alpha value is -0.530. The van der Waals surface area contributed by atoms with Crippen LogP contribution in [0.5, 0.6) is 0 Å². The lowest BCUT2D eigenvalue weighted by atomic mass is 9.69. The van der Waals surface area contributed by atoms with Gasteiger partial charge in [-0.05, 0) is 43.9 Å². The molecule has 2 rings (SSSR count). The Labute approximate surface area is 118 Å². The Bertz CT molecular complexity index is 244. The van der Waals surface area contributed by atoms with Gasteiger partial charge in [-0.2, -0.15) is 0 Å². The summed E-state index contributed by atoms with van der Waals surface area (Å²) in [5.74, 6) is 1.57. The Kier molecular flexibility index (Phi) is 6.19. The van der Waals surface area contributed by atoms with Crippen molar-refractivity contribution in [3.8, 4) is 0 Å². The molecular formula is C17H30O2. The van der Waals surface area contributed by atoms with Gasteiger partial charge in [-0.15, -0.1) is 0 Å². The first-order valence-electron chi connectivity index (χ1n) is 8.49. The molecule has 0 aromatic heterocycles. The third-order valence-corrected chi connectivity index (χ3v) is 5.04. The maximum atomic E-state index is 12.5. The van der Waals surface area contributed by atoms with E-state index in [1.54, 1.807) is 0 Å². The Balaban J connectivity index is 1.99. The van der Waals surface area contributed by atoms with Crippen molar-refractivity contribution < 1.29 is 9.53 Å². The monoisotopic (exact) mass is 266 g/mol. The molecule has 0 amide bonds. The summed E-state index contributed by atoms with van der Waals surface area (Å²) in [5, 5.41) is 0. The molecule has 0 aliphatic heterocycles. The van der Waals surface area contributed by atoms with Gasteiger partial charge in [0.05, 0.1) is 12.5 Å². The van der Waals surface area contributed by atoms with Crippen molar-refractivity contribution in [3.63, 3.8) is 0 Å². The lowest BCUT2D eigenvalue weighted by Crippen LogP contribution is -2.35. The highest BCUT2D eigenvalue weighted by atomic mass is 16.5. The van der Waals surface area contributed by atoms with Crippen LogP contribution in [-0.2, 0) is 9.53 Å². The molecule has 2 heteroatoms. The molecule has 110 valence electrons. The summed E-state index contributed by atoms with van der Waals surface area (Å²) in [6, 6.07) is 0. The largest absolute Gasteiger partial charge is 0.465 e. The average Bonchev–Trinajstić information content (AvgIpc) is 2.47. The van der Waals surface area contributed by atoms with E-state index in [0.717, 1.165) is 6.42 Å². The SMILES string of the molecule is CCCOC(=O)C(C1CCCCC1)C1CCCCC1. The van der Waals surface area contributed by atoms with Crippen LogP contribution in [0.1, 0.15) is 77.6 Å². The van der Waals surface area contributed by atoms with Crippen LogP contribution < -0.4 is 0 Å². The van der Waals surface area contributed by atoms with Gasteiger partial charge in [0.25, 0.3) is 0 Å². The van der Waals surface area contributed by atoms with E-state index in [2.05, 4.69) is 6.92 Å². The predicted molar refractivity (Wildman–Crippen MR) is 77.9 cm³/mol. The smallest absolute Gasteiger partial charge is 0.309 e. The first-order valence-corrected chi connectivity index (χ1v) is 8.49. The van der Waals surface area contributed by atoms with Crippen LogP contribution in [0.2, 0.25) is 0 Å². The normalized spacial score (nSPS) is 22.6. The maximum absolute atomic E-state index is 12.5. The van der Waals surface area contributed by atoms with Crippen LogP contribution in [0, 0.1) is 17.8 Å². The summed E-state index contributed by atoms with van der Waals surface area (Å²) in [5.41, 5.74) is 0. The van der Waals surface area contributed by atoms with E-state index in [1.165, 1.54) is 64.2 Å². The zero-order valence-corrected chi connectivity index (χ0v) is 12.5. The summed E-state index contributed by atoms with van der Waals surface area (Å²) in [6.07, 6.45) is 13.9. The Morgan fingerprint density at radius 2 is 1.42 bits per heavy atom. The quantitative estimate of drug-likeness (QED) is 0.673. The van der Waals surface area contributed by atoms with Gasteiger partial charge >= 0.3 is 5.97 Å². The van der Waals surface area contributed by atoms with Gasteiger partial charge in [-0.3, -0.25) is 4.79 Å². The molecule has 19 heavy (non-hydrogen) atoms. The fourth-order valence-electron chi connectivity index (χ4n) is 4.06. The molecular weight excluding hydrogens is 236 g/mol. The van der Waals surface area contributed by atoms with Crippen molar-refractivity contribution >= 4 is 5.97 Å². The number of carbonyl (C=O) groups excluding carboxylic acids is 1. The highest BCUT2D eigenvalue weighted by molar-refractivity contribution is 5.73. The highest BCUT2D eigenvalue weighted by Gasteiger charge is 2.37. The van der Waals surface area contributed by atoms with Crippen LogP contribution >= 0.6 is 0 Å². The van der Waals surface area contributed by atoms with Crippen LogP contribution in [0.3, 0.4) is 0 Å². The molecule has 0 atom stereocenters. The topological polar surface area (TPSA) is 26.3 Å². The van der Waals surface area contributed by atoms with E-state index in [4.69, 9.17) is 4.74 Å². The fraction of sp³-hybridized carbons (Fsp3) is 0.941. The standard InChI is InChI=1S/C17H30O2/c1-2-13-19-17(18)16(14-9-5-3-6-10-14)15-11-7-4-8-12-15/h14-16H,2-13H2,1H3. The van der Waals surface area contributed by atoms with E-state index in [-0.39, 0.29) is 11.9 Å². The van der Waals surface area contributed by atoms with Crippen LogP contribution in [0.15, 0.2) is 0 Å². The average molecular weight is 266 g/mol. The van der Waals surface area contributed by atoms with E-state index < -0.39 is 0 Å². The Morgan fingerprint density at radius 3 is 1.84 bits per heavy atom. The number of ether oxygens (including phenoxy) is 1. The number of hydrogen-bond acceptors (Lipinski definition) is 2. The van der Waals surface area contributed by atoms with E-state index in [1.807, 2.05) is 0 Å². The lowest BCUT2D eigenvalue weighted by Gasteiger charge is -2.36. The minimum atomic E-state index is 0.126. The van der Waals surface area contributed by atoms with E-state index >= 15 is 0 Å². The molecule has 0 saturated heterocycles. The van der Waals surface area contributed by atoms with Crippen molar-refractivity contribution in [2.45, 2.75) is 77.6 Å². The molecule has 2 fully saturated rings. The van der Waals surface area contributed by atoms with Crippen molar-refractivity contribution in [2.24, 2.45) is 17.8 Å². The summed E-state index contributed by atoms with van der Waals surface area (Å²) < 4.78 is 5.52. The first-order chi connectivity index (χ1) is 9.33. The third-order valence-electron chi connectivity index (χ3n) is 5.04. The van der Waals surface area contributed by atoms with Gasteiger partial charge in [0.1, 0.15) is 0 Å². The number of carbonyl (C=O) groups is 1. The van der Waals surface area contributed by atoms with Gasteiger partial charge < -0.3 is 4.74 Å². The van der Waals surface area contributed by atoms with Crippen molar-refractivity contribution in [3.05, 3.63) is 0 Å². The second-order valence-corrected chi connectivity index (χ2v) is 6.49. The molecule has 2 aliphatic carbocycles. The summed E-state index contributed by atoms with van der Waals surface area (Å²) in [7, 11) is 0. The summed E-state index contributed by atoms with van der Waals surface area (Å²) >= 11 is 0. The third kappa shape index (κ3) is 4.22. The maximum Gasteiger partial charge on any atom is 0.309 e. The zero-order chi connectivity index (χ0) is 13.5. The molecule has 0 aromatic rings. The van der Waals surface area contributed by atoms with E-state index in [0.29, 0.717) is 18.4 Å². The fourth-order valence-corrected chi connectivity index (χ4v) is 4.06. The minimum absolute atomic E-state index is 0.126. The lowest BCUT2D eigenvalue weighted by molar-refractivity contribution is -0.154. The second-order valence-electron chi connectivity index (χ2n) is 6.49. The molecule has 0 N–H and O–H groups in total. The molecule has 0 aromatic carbocycles. The second kappa shape index (κ2) is 7.91. The summed E-state index contributed by atoms with van der Waals surface area (Å²) in [6.45, 7) is 2.68. The Morgan fingerprint density at radius 1 is 0.947 bits per heavy atom. The molecule has 0 unspecified atom stereocenters. The molecule has 0 spiro atoms. The number of hydrogen-bond donors (Lipinski definition) is 0. The van der Waals surface area contributed by atoms with Gasteiger partial charge in [-0.1, -0.05) is 45.4 Å². The van der Waals surface area contributed by atoms with Gasteiger partial charge in [0.2, 0.25) is 0 Å². The van der Waals surface area contributed by atoms with E-state index in [9.17, 15) is 4.79 Å². The number of rotatable bonds is 5. The molecule has 2 nitrogen and oxygen atoms in total. The predicted octanol–water partition coefficient (Wildman–Crippen LogP) is 4.72.